The number of hydrogen-bond donors (Lipinski definition) is 1. The van der Waals surface area contributed by atoms with E-state index in [1.165, 1.54) is 18.2 Å². The van der Waals surface area contributed by atoms with Crippen molar-refractivity contribution in [2.45, 2.75) is 5.37 Å². The molecule has 0 radical (unpaired) electrons. The fraction of sp³-hybridized carbons (Fsp3) is 0.130. The smallest absolute Gasteiger partial charge is 0.258 e. The number of rotatable bonds is 5. The molecule has 0 aromatic heterocycles. The zero-order chi connectivity index (χ0) is 21.1. The molecule has 7 heteroatoms. The number of hydrogen-bond acceptors (Lipinski definition) is 4. The first-order valence-corrected chi connectivity index (χ1v) is 10.4. The summed E-state index contributed by atoms with van der Waals surface area (Å²) in [5.41, 5.74) is 2.28. The summed E-state index contributed by atoms with van der Waals surface area (Å²) in [6.07, 6.45) is 0. The van der Waals surface area contributed by atoms with Crippen LogP contribution in [0.2, 0.25) is 0 Å². The van der Waals surface area contributed by atoms with Crippen molar-refractivity contribution in [2.24, 2.45) is 0 Å². The number of nitrogens with one attached hydrogen (secondary N) is 1. The van der Waals surface area contributed by atoms with Gasteiger partial charge in [0.1, 0.15) is 16.9 Å². The first-order valence-electron chi connectivity index (χ1n) is 9.30. The minimum absolute atomic E-state index is 0.01000. The summed E-state index contributed by atoms with van der Waals surface area (Å²) in [5, 5.41) is 2.54. The van der Waals surface area contributed by atoms with Crippen LogP contribution in [0.3, 0.4) is 0 Å². The number of methoxy groups -OCH3 is 1. The first kappa shape index (κ1) is 20.0. The molecule has 2 amide bonds. The topological polar surface area (TPSA) is 58.6 Å². The van der Waals surface area contributed by atoms with Crippen molar-refractivity contribution in [3.8, 4) is 5.75 Å². The Labute approximate surface area is 177 Å². The molecule has 1 unspecified atom stereocenters. The van der Waals surface area contributed by atoms with Crippen molar-refractivity contribution < 1.29 is 18.7 Å². The molecule has 1 fully saturated rings. The van der Waals surface area contributed by atoms with Crippen LogP contribution in [0.25, 0.3) is 0 Å². The van der Waals surface area contributed by atoms with E-state index in [1.807, 2.05) is 36.4 Å². The van der Waals surface area contributed by atoms with Gasteiger partial charge >= 0.3 is 0 Å². The molecular weight excluding hydrogens is 403 g/mol. The Morgan fingerprint density at radius 2 is 1.77 bits per heavy atom. The molecule has 1 N–H and O–H groups in total. The quantitative estimate of drug-likeness (QED) is 0.638. The maximum atomic E-state index is 13.8. The van der Waals surface area contributed by atoms with Crippen LogP contribution in [0, 0.1) is 5.82 Å². The number of ether oxygens (including phenoxy) is 1. The van der Waals surface area contributed by atoms with E-state index in [0.29, 0.717) is 11.4 Å². The van der Waals surface area contributed by atoms with Crippen LogP contribution in [0.15, 0.2) is 72.8 Å². The van der Waals surface area contributed by atoms with E-state index < -0.39 is 11.7 Å². The summed E-state index contributed by atoms with van der Waals surface area (Å²) in [4.78, 5) is 26.5. The first-order chi connectivity index (χ1) is 14.6. The molecule has 0 saturated carbocycles. The predicted octanol–water partition coefficient (Wildman–Crippen LogP) is 4.87. The normalized spacial score (nSPS) is 15.9. The van der Waals surface area contributed by atoms with Crippen LogP contribution in [0.4, 0.5) is 15.8 Å². The van der Waals surface area contributed by atoms with E-state index in [-0.39, 0.29) is 16.8 Å². The number of nitrogens with zero attached hydrogens (tertiary/aromatic N) is 1. The Kier molecular flexibility index (Phi) is 5.72. The molecule has 0 spiro atoms. The van der Waals surface area contributed by atoms with Gasteiger partial charge in [-0.15, -0.1) is 11.8 Å². The maximum absolute atomic E-state index is 13.8. The SMILES string of the molecule is COc1ccc(N2C(=O)CSC2c2ccc(NC(=O)c3ccccc3F)cc2)cc1. The molecule has 5 nitrogen and oxygen atoms in total. The summed E-state index contributed by atoms with van der Waals surface area (Å²) in [6, 6.07) is 20.4. The Morgan fingerprint density at radius 1 is 1.07 bits per heavy atom. The molecule has 4 rings (SSSR count). The Hall–Kier alpha value is -3.32. The minimum atomic E-state index is -0.567. The molecule has 152 valence electrons. The Balaban J connectivity index is 1.52. The van der Waals surface area contributed by atoms with E-state index in [0.717, 1.165) is 17.0 Å². The van der Waals surface area contributed by atoms with E-state index in [9.17, 15) is 14.0 Å². The highest BCUT2D eigenvalue weighted by atomic mass is 32.2. The van der Waals surface area contributed by atoms with Crippen molar-refractivity contribution in [1.29, 1.82) is 0 Å². The average molecular weight is 422 g/mol. The van der Waals surface area contributed by atoms with Gasteiger partial charge in [-0.25, -0.2) is 4.39 Å². The molecule has 0 aliphatic carbocycles. The van der Waals surface area contributed by atoms with Gasteiger partial charge in [-0.05, 0) is 54.1 Å². The number of benzene rings is 3. The van der Waals surface area contributed by atoms with E-state index in [4.69, 9.17) is 4.74 Å². The molecule has 30 heavy (non-hydrogen) atoms. The number of anilines is 2. The number of halogens is 1. The second-order valence-electron chi connectivity index (χ2n) is 6.68. The summed E-state index contributed by atoms with van der Waals surface area (Å²) in [5.74, 6) is 0.0769. The van der Waals surface area contributed by atoms with Crippen LogP contribution in [0.1, 0.15) is 21.3 Å². The fourth-order valence-electron chi connectivity index (χ4n) is 3.27. The van der Waals surface area contributed by atoms with Gasteiger partial charge in [-0.2, -0.15) is 0 Å². The number of carbonyl (C=O) groups excluding carboxylic acids is 2. The van der Waals surface area contributed by atoms with Gasteiger partial charge in [-0.3, -0.25) is 14.5 Å². The molecule has 1 heterocycles. The van der Waals surface area contributed by atoms with Crippen LogP contribution >= 0.6 is 11.8 Å². The van der Waals surface area contributed by atoms with Gasteiger partial charge < -0.3 is 10.1 Å². The second kappa shape index (κ2) is 8.59. The third kappa shape index (κ3) is 4.02. The lowest BCUT2D eigenvalue weighted by Crippen LogP contribution is -2.27. The molecular formula is C23H19FN2O3S. The largest absolute Gasteiger partial charge is 0.497 e. The summed E-state index contributed by atoms with van der Waals surface area (Å²) >= 11 is 1.54. The van der Waals surface area contributed by atoms with Gasteiger partial charge in [0.05, 0.1) is 18.4 Å². The molecule has 1 saturated heterocycles. The highest BCUT2D eigenvalue weighted by molar-refractivity contribution is 8.00. The molecule has 0 bridgehead atoms. The Morgan fingerprint density at radius 3 is 2.43 bits per heavy atom. The van der Waals surface area contributed by atoms with Gasteiger partial charge in [-0.1, -0.05) is 24.3 Å². The van der Waals surface area contributed by atoms with Gasteiger partial charge in [0, 0.05) is 11.4 Å². The predicted molar refractivity (Wildman–Crippen MR) is 116 cm³/mol. The van der Waals surface area contributed by atoms with Crippen molar-refractivity contribution in [2.75, 3.05) is 23.1 Å². The van der Waals surface area contributed by atoms with Crippen LogP contribution in [-0.4, -0.2) is 24.7 Å². The maximum Gasteiger partial charge on any atom is 0.258 e. The van der Waals surface area contributed by atoms with Gasteiger partial charge in [0.2, 0.25) is 5.91 Å². The van der Waals surface area contributed by atoms with Crippen LogP contribution < -0.4 is 15.0 Å². The summed E-state index contributed by atoms with van der Waals surface area (Å²) in [7, 11) is 1.60. The van der Waals surface area contributed by atoms with E-state index >= 15 is 0 Å². The highest BCUT2D eigenvalue weighted by Gasteiger charge is 2.34. The lowest BCUT2D eigenvalue weighted by Gasteiger charge is -2.24. The molecule has 3 aromatic rings. The van der Waals surface area contributed by atoms with Crippen molar-refractivity contribution in [3.05, 3.63) is 89.7 Å². The fourth-order valence-corrected chi connectivity index (χ4v) is 4.44. The van der Waals surface area contributed by atoms with Crippen molar-refractivity contribution >= 4 is 35.0 Å². The monoisotopic (exact) mass is 422 g/mol. The zero-order valence-corrected chi connectivity index (χ0v) is 17.0. The van der Waals surface area contributed by atoms with Crippen LogP contribution in [0.5, 0.6) is 5.75 Å². The number of amides is 2. The van der Waals surface area contributed by atoms with Crippen LogP contribution in [-0.2, 0) is 4.79 Å². The molecule has 1 atom stereocenters. The third-order valence-electron chi connectivity index (χ3n) is 4.79. The lowest BCUT2D eigenvalue weighted by molar-refractivity contribution is -0.115. The molecule has 1 aliphatic heterocycles. The van der Waals surface area contributed by atoms with Gasteiger partial charge in [0.15, 0.2) is 0 Å². The van der Waals surface area contributed by atoms with Gasteiger partial charge in [0.25, 0.3) is 5.91 Å². The van der Waals surface area contributed by atoms with Crippen molar-refractivity contribution in [1.82, 2.24) is 0 Å². The number of thioether (sulfide) groups is 1. The third-order valence-corrected chi connectivity index (χ3v) is 6.00. The Bertz CT molecular complexity index is 1070. The summed E-state index contributed by atoms with van der Waals surface area (Å²) in [6.45, 7) is 0. The molecule has 1 aliphatic rings. The molecule has 3 aromatic carbocycles. The summed E-state index contributed by atoms with van der Waals surface area (Å²) < 4.78 is 19.0. The lowest BCUT2D eigenvalue weighted by atomic mass is 10.1. The minimum Gasteiger partial charge on any atom is -0.497 e. The zero-order valence-electron chi connectivity index (χ0n) is 16.2. The highest BCUT2D eigenvalue weighted by Crippen LogP contribution is 2.42. The second-order valence-corrected chi connectivity index (χ2v) is 7.75. The van der Waals surface area contributed by atoms with Crippen molar-refractivity contribution in [3.63, 3.8) is 0 Å². The van der Waals surface area contributed by atoms with E-state index in [1.54, 1.807) is 42.0 Å². The standard InChI is InChI=1S/C23H19FN2O3S/c1-29-18-12-10-17(11-13-18)26-21(27)14-30-23(26)15-6-8-16(9-7-15)25-22(28)19-4-2-3-5-20(19)24/h2-13,23H,14H2,1H3,(H,25,28). The number of carbonyl (C=O) groups is 2. The van der Waals surface area contributed by atoms with E-state index in [2.05, 4.69) is 5.32 Å². The average Bonchev–Trinajstić information content (AvgIpc) is 3.16.